The Bertz CT molecular complexity index is 2960. The van der Waals surface area contributed by atoms with Crippen LogP contribution in [0, 0.1) is 0 Å². The quantitative estimate of drug-likeness (QED) is 0.0113. The van der Waals surface area contributed by atoms with E-state index >= 15 is 0 Å². The van der Waals surface area contributed by atoms with E-state index in [-0.39, 0.29) is 36.4 Å². The largest absolute Gasteiger partial charge is 0.452 e. The van der Waals surface area contributed by atoms with Gasteiger partial charge in [0.05, 0.1) is 35.5 Å². The number of aliphatic hydroxyl groups is 1. The van der Waals surface area contributed by atoms with Gasteiger partial charge in [-0.1, -0.05) is 234 Å². The third-order valence-corrected chi connectivity index (χ3v) is 27.5. The summed E-state index contributed by atoms with van der Waals surface area (Å²) >= 11 is 2.33. The molecule has 94 heavy (non-hydrogen) atoms. The predicted octanol–water partition coefficient (Wildman–Crippen LogP) is 12.7. The highest BCUT2D eigenvalue weighted by molar-refractivity contribution is 14.1. The first-order chi connectivity index (χ1) is 44.8. The van der Waals surface area contributed by atoms with Crippen LogP contribution in [0.4, 0.5) is 0 Å². The number of esters is 2. The smallest absolute Gasteiger partial charge is 0.338 e. The Morgan fingerprint density at radius 2 is 0.787 bits per heavy atom. The van der Waals surface area contributed by atoms with Crippen molar-refractivity contribution in [1.82, 2.24) is 0 Å². The van der Waals surface area contributed by atoms with Crippen LogP contribution >= 0.6 is 22.6 Å². The van der Waals surface area contributed by atoms with Gasteiger partial charge in [-0.15, -0.1) is 0 Å². The second kappa shape index (κ2) is 35.1. The van der Waals surface area contributed by atoms with E-state index in [1.165, 1.54) is 10.4 Å². The van der Waals surface area contributed by atoms with Crippen LogP contribution in [0.3, 0.4) is 0 Å². The van der Waals surface area contributed by atoms with Crippen molar-refractivity contribution in [3.8, 4) is 0 Å². The van der Waals surface area contributed by atoms with E-state index in [4.69, 9.17) is 56.2 Å². The average Bonchev–Trinajstić information content (AvgIpc) is 1.10. The minimum absolute atomic E-state index is 0.0289. The number of hydrogen-bond donors (Lipinski definition) is 1. The van der Waals surface area contributed by atoms with E-state index in [1.807, 2.05) is 108 Å². The summed E-state index contributed by atoms with van der Waals surface area (Å²) in [7, 11) is -2.64. The number of alkyl halides is 1. The maximum absolute atomic E-state index is 13.4. The van der Waals surface area contributed by atoms with Crippen molar-refractivity contribution in [3.63, 3.8) is 0 Å². The van der Waals surface area contributed by atoms with Crippen LogP contribution < -0.4 is 20.7 Å². The molecule has 0 radical (unpaired) electrons. The average molecular weight is 1440 g/mol. The second-order valence-corrected chi connectivity index (χ2v) is 36.1. The molecule has 0 aromatic heterocycles. The molecule has 508 valence electrons. The fourth-order valence-electron chi connectivity index (χ4n) is 12.4. The zero-order valence-electron chi connectivity index (χ0n) is 57.2. The first kappa shape index (κ1) is 75.8. The molecular weight excluding hydrogens is 1340 g/mol. The molecule has 0 amide bonds. The van der Waals surface area contributed by atoms with Gasteiger partial charge in [0.1, 0.15) is 50.2 Å². The Balaban J connectivity index is 0.000000266. The summed E-state index contributed by atoms with van der Waals surface area (Å²) in [6.45, 7) is 24.8. The van der Waals surface area contributed by atoms with Gasteiger partial charge in [0.2, 0.25) is 0 Å². The van der Waals surface area contributed by atoms with Gasteiger partial charge in [-0.3, -0.25) is 0 Å². The molecule has 2 aliphatic heterocycles. The first-order valence-corrected chi connectivity index (χ1v) is 37.7. The molecule has 0 bridgehead atoms. The topological polar surface area (TPSA) is 165 Å². The number of halogens is 1. The Hall–Kier alpha value is -5.54. The van der Waals surface area contributed by atoms with Gasteiger partial charge < -0.3 is 61.3 Å². The third kappa shape index (κ3) is 19.8. The molecule has 2 heterocycles. The number of carbonyl (C=O) groups excluding carboxylic acids is 2. The van der Waals surface area contributed by atoms with Crippen molar-refractivity contribution >= 4 is 71.9 Å². The van der Waals surface area contributed by atoms with Crippen LogP contribution in [-0.4, -0.2) is 145 Å². The van der Waals surface area contributed by atoms with Gasteiger partial charge >= 0.3 is 11.9 Å². The maximum Gasteiger partial charge on any atom is 0.338 e. The standard InChI is InChI=1S/C38H49IO7Si.C38H50O8Si/c2*1-28(46-47(37(2,3)4,30-19-13-9-14-20-30)31-21-15-10-16-22-31)32(42-27-41-7)23-24-33(43-36(40)29-17-11-8-12-18-29)35-34(25-26-39)44-38(5,6)45-35/h8-24,28,32-35H,25-27H2,1-7H3;8-24,28,32-35,39H,25-27H2,1-7H3/b2*24-23-/t2*28-,32+,33?,34-,35+/m00/s1. The Morgan fingerprint density at radius 3 is 1.06 bits per heavy atom. The van der Waals surface area contributed by atoms with E-state index in [0.29, 0.717) is 17.5 Å². The van der Waals surface area contributed by atoms with Gasteiger partial charge in [-0.25, -0.2) is 9.59 Å². The highest BCUT2D eigenvalue weighted by Gasteiger charge is 2.54. The van der Waals surface area contributed by atoms with Crippen molar-refractivity contribution < 1.29 is 70.9 Å². The Morgan fingerprint density at radius 1 is 0.489 bits per heavy atom. The Labute approximate surface area is 574 Å². The van der Waals surface area contributed by atoms with Crippen molar-refractivity contribution in [2.45, 2.75) is 179 Å². The van der Waals surface area contributed by atoms with E-state index in [1.54, 1.807) is 56.7 Å². The number of carbonyl (C=O) groups is 2. The lowest BCUT2D eigenvalue weighted by molar-refractivity contribution is -0.153. The Kier molecular flexibility index (Phi) is 28.3. The summed E-state index contributed by atoms with van der Waals surface area (Å²) in [5.41, 5.74) is 0.878. The van der Waals surface area contributed by atoms with E-state index in [9.17, 15) is 14.7 Å². The monoisotopic (exact) mass is 1430 g/mol. The lowest BCUT2D eigenvalue weighted by Crippen LogP contribution is -2.68. The van der Waals surface area contributed by atoms with Crippen molar-refractivity contribution in [3.05, 3.63) is 217 Å². The molecule has 0 spiro atoms. The molecule has 8 rings (SSSR count). The summed E-state index contributed by atoms with van der Waals surface area (Å²) in [4.78, 5) is 26.7. The van der Waals surface area contributed by atoms with Crippen molar-refractivity contribution in [1.29, 1.82) is 0 Å². The van der Waals surface area contributed by atoms with Gasteiger partial charge in [0.15, 0.2) is 11.6 Å². The number of hydrogen-bond acceptors (Lipinski definition) is 15. The summed E-state index contributed by atoms with van der Waals surface area (Å²) < 4.78 is 76.1. The highest BCUT2D eigenvalue weighted by atomic mass is 127. The molecule has 18 heteroatoms. The molecular formula is C76H99IO15Si2. The minimum Gasteiger partial charge on any atom is -0.452 e. The number of rotatable bonds is 30. The number of aliphatic hydroxyl groups excluding tert-OH is 1. The van der Waals surface area contributed by atoms with E-state index in [2.05, 4.69) is 161 Å². The molecule has 15 nitrogen and oxygen atoms in total. The number of ether oxygens (including phenoxy) is 10. The van der Waals surface area contributed by atoms with Crippen LogP contribution in [0.5, 0.6) is 0 Å². The zero-order chi connectivity index (χ0) is 68.2. The van der Waals surface area contributed by atoms with Crippen LogP contribution in [0.25, 0.3) is 0 Å². The van der Waals surface area contributed by atoms with E-state index in [0.717, 1.165) is 21.2 Å². The summed E-state index contributed by atoms with van der Waals surface area (Å²) in [6, 6.07) is 59.7. The van der Waals surface area contributed by atoms with E-state index < -0.39 is 95.1 Å². The van der Waals surface area contributed by atoms with Gasteiger partial charge in [-0.2, -0.15) is 0 Å². The molecule has 6 aromatic carbocycles. The summed E-state index contributed by atoms with van der Waals surface area (Å²) in [5, 5.41) is 14.0. The van der Waals surface area contributed by atoms with Crippen LogP contribution in [0.1, 0.15) is 117 Å². The van der Waals surface area contributed by atoms with Crippen LogP contribution in [-0.2, 0) is 56.2 Å². The van der Waals surface area contributed by atoms with Crippen LogP contribution in [0.15, 0.2) is 206 Å². The molecule has 0 saturated carbocycles. The van der Waals surface area contributed by atoms with Crippen LogP contribution in [0.2, 0.25) is 10.1 Å². The highest BCUT2D eigenvalue weighted by Crippen LogP contribution is 2.41. The van der Waals surface area contributed by atoms with Gasteiger partial charge in [0, 0.05) is 25.3 Å². The van der Waals surface area contributed by atoms with Gasteiger partial charge in [-0.05, 0) is 122 Å². The lowest BCUT2D eigenvalue weighted by Gasteiger charge is -2.45. The molecule has 2 saturated heterocycles. The SMILES string of the molecule is COCO[C@H](/C=C\C(OC(=O)c1ccccc1)[C@H]1OC(C)(C)O[C@H]1CCI)[C@H](C)O[Si](c1ccccc1)(c1ccccc1)C(C)(C)C.COCO[C@H](/C=C\C(OC(=O)c1ccccc1)[C@H]1OC(C)(C)O[C@H]1CCO)[C@H](C)O[Si](c1ccccc1)(c1ccccc1)C(C)(C)C. The molecule has 1 N–H and O–H groups in total. The number of methoxy groups -OCH3 is 2. The van der Waals surface area contributed by atoms with Gasteiger partial charge in [0.25, 0.3) is 16.6 Å². The fourth-order valence-corrected chi connectivity index (χ4v) is 22.5. The van der Waals surface area contributed by atoms with Crippen molar-refractivity contribution in [2.75, 3.05) is 38.8 Å². The first-order valence-electron chi connectivity index (χ1n) is 32.4. The minimum atomic E-state index is -2.92. The molecule has 10 atom stereocenters. The molecule has 2 aliphatic rings. The number of benzene rings is 6. The van der Waals surface area contributed by atoms with Crippen molar-refractivity contribution in [2.24, 2.45) is 0 Å². The second-order valence-electron chi connectivity index (χ2n) is 26.6. The predicted molar refractivity (Wildman–Crippen MR) is 382 cm³/mol. The molecule has 6 aromatic rings. The summed E-state index contributed by atoms with van der Waals surface area (Å²) in [6.07, 6.45) is 2.98. The third-order valence-electron chi connectivity index (χ3n) is 16.6. The molecule has 2 fully saturated rings. The lowest BCUT2D eigenvalue weighted by atomic mass is 10.0. The fraction of sp³-hybridized carbons (Fsp3) is 0.447. The maximum atomic E-state index is 13.4. The zero-order valence-corrected chi connectivity index (χ0v) is 61.3. The normalized spacial score (nSPS) is 20.2. The molecule has 0 aliphatic carbocycles. The summed E-state index contributed by atoms with van der Waals surface area (Å²) in [5.74, 6) is -2.69. The molecule has 2 unspecified atom stereocenters.